The SMILES string of the molecule is CC(=O)c1ccc(-c2ccc(N3CCC4(CC3)CCN(C3CCC3)CC4)nc2)cc1. The Morgan fingerprint density at radius 1 is 0.900 bits per heavy atom. The average Bonchev–Trinajstić information content (AvgIpc) is 2.75. The minimum Gasteiger partial charge on any atom is -0.357 e. The second-order valence-electron chi connectivity index (χ2n) is 9.65. The van der Waals surface area contributed by atoms with Crippen LogP contribution in [0.3, 0.4) is 0 Å². The number of piperidine rings is 2. The van der Waals surface area contributed by atoms with Crippen molar-refractivity contribution < 1.29 is 4.79 Å². The third-order valence-corrected chi connectivity index (χ3v) is 7.97. The van der Waals surface area contributed by atoms with Crippen molar-refractivity contribution in [3.63, 3.8) is 0 Å². The predicted molar refractivity (Wildman–Crippen MR) is 122 cm³/mol. The molecular formula is C26H33N3O. The molecule has 2 saturated heterocycles. The van der Waals surface area contributed by atoms with Crippen molar-refractivity contribution in [2.24, 2.45) is 5.41 Å². The van der Waals surface area contributed by atoms with Gasteiger partial charge >= 0.3 is 0 Å². The first-order valence-corrected chi connectivity index (χ1v) is 11.7. The first kappa shape index (κ1) is 19.7. The Balaban J connectivity index is 1.18. The molecule has 0 unspecified atom stereocenters. The molecule has 1 saturated carbocycles. The summed E-state index contributed by atoms with van der Waals surface area (Å²) in [5, 5.41) is 0. The van der Waals surface area contributed by atoms with Gasteiger partial charge in [0.25, 0.3) is 0 Å². The maximum absolute atomic E-state index is 11.5. The van der Waals surface area contributed by atoms with E-state index in [1.165, 1.54) is 58.0 Å². The summed E-state index contributed by atoms with van der Waals surface area (Å²) in [6.07, 6.45) is 11.7. The van der Waals surface area contributed by atoms with Gasteiger partial charge in [0.15, 0.2) is 5.78 Å². The molecule has 1 aliphatic carbocycles. The van der Waals surface area contributed by atoms with E-state index in [0.29, 0.717) is 5.41 Å². The number of carbonyl (C=O) groups excluding carboxylic acids is 1. The molecule has 0 radical (unpaired) electrons. The number of hydrogen-bond donors (Lipinski definition) is 0. The van der Waals surface area contributed by atoms with Crippen molar-refractivity contribution >= 4 is 11.6 Å². The summed E-state index contributed by atoms with van der Waals surface area (Å²) < 4.78 is 0. The zero-order valence-electron chi connectivity index (χ0n) is 18.1. The van der Waals surface area contributed by atoms with Crippen LogP contribution < -0.4 is 4.90 Å². The van der Waals surface area contributed by atoms with Gasteiger partial charge in [0.1, 0.15) is 5.82 Å². The quantitative estimate of drug-likeness (QED) is 0.659. The second kappa shape index (κ2) is 8.14. The summed E-state index contributed by atoms with van der Waals surface area (Å²) >= 11 is 0. The smallest absolute Gasteiger partial charge is 0.159 e. The van der Waals surface area contributed by atoms with Crippen molar-refractivity contribution in [3.05, 3.63) is 48.2 Å². The van der Waals surface area contributed by atoms with Crippen LogP contribution in [0.1, 0.15) is 62.2 Å². The van der Waals surface area contributed by atoms with Crippen LogP contribution in [0.5, 0.6) is 0 Å². The fourth-order valence-electron chi connectivity index (χ4n) is 5.47. The molecule has 4 heteroatoms. The lowest BCUT2D eigenvalue weighted by Crippen LogP contribution is -2.51. The number of ketones is 1. The van der Waals surface area contributed by atoms with Crippen LogP contribution >= 0.6 is 0 Å². The Bertz CT molecular complexity index is 867. The molecule has 3 heterocycles. The standard InChI is InChI=1S/C26H33N3O/c1-20(30)21-5-7-22(8-6-21)23-9-10-25(27-19-23)29-17-13-26(14-18-29)11-15-28(16-12-26)24-3-2-4-24/h5-10,19,24H,2-4,11-18H2,1H3. The minimum atomic E-state index is 0.103. The molecule has 2 aromatic rings. The van der Waals surface area contributed by atoms with Crippen molar-refractivity contribution in [2.75, 3.05) is 31.1 Å². The lowest BCUT2D eigenvalue weighted by Gasteiger charge is -2.50. The van der Waals surface area contributed by atoms with Crippen LogP contribution in [0.4, 0.5) is 5.82 Å². The Hall–Kier alpha value is -2.20. The highest BCUT2D eigenvalue weighted by Crippen LogP contribution is 2.43. The predicted octanol–water partition coefficient (Wildman–Crippen LogP) is 5.19. The lowest BCUT2D eigenvalue weighted by atomic mass is 9.70. The molecule has 5 rings (SSSR count). The number of anilines is 1. The molecular weight excluding hydrogens is 370 g/mol. The Kier molecular flexibility index (Phi) is 5.36. The van der Waals surface area contributed by atoms with Gasteiger partial charge < -0.3 is 9.80 Å². The van der Waals surface area contributed by atoms with E-state index in [9.17, 15) is 4.79 Å². The Morgan fingerprint density at radius 2 is 1.53 bits per heavy atom. The molecule has 0 amide bonds. The largest absolute Gasteiger partial charge is 0.357 e. The van der Waals surface area contributed by atoms with Crippen LogP contribution in [-0.2, 0) is 0 Å². The number of benzene rings is 1. The van der Waals surface area contributed by atoms with Gasteiger partial charge in [-0.3, -0.25) is 4.79 Å². The highest BCUT2D eigenvalue weighted by atomic mass is 16.1. The average molecular weight is 404 g/mol. The summed E-state index contributed by atoms with van der Waals surface area (Å²) in [6, 6.07) is 13.0. The van der Waals surface area contributed by atoms with Crippen LogP contribution in [0, 0.1) is 5.41 Å². The van der Waals surface area contributed by atoms with Gasteiger partial charge in [-0.05, 0) is 81.6 Å². The van der Waals surface area contributed by atoms with Crippen molar-refractivity contribution in [1.82, 2.24) is 9.88 Å². The van der Waals surface area contributed by atoms with Crippen LogP contribution in [0.25, 0.3) is 11.1 Å². The molecule has 1 spiro atoms. The molecule has 4 nitrogen and oxygen atoms in total. The van der Waals surface area contributed by atoms with Crippen LogP contribution in [0.15, 0.2) is 42.6 Å². The maximum Gasteiger partial charge on any atom is 0.159 e. The normalized spacial score (nSPS) is 22.1. The fraction of sp³-hybridized carbons (Fsp3) is 0.538. The third-order valence-electron chi connectivity index (χ3n) is 7.97. The first-order chi connectivity index (χ1) is 14.6. The van der Waals surface area contributed by atoms with E-state index in [0.717, 1.165) is 41.6 Å². The molecule has 3 fully saturated rings. The summed E-state index contributed by atoms with van der Waals surface area (Å²) in [5.41, 5.74) is 3.54. The van der Waals surface area contributed by atoms with E-state index >= 15 is 0 Å². The Morgan fingerprint density at radius 3 is 2.07 bits per heavy atom. The topological polar surface area (TPSA) is 36.4 Å². The van der Waals surface area contributed by atoms with Crippen LogP contribution in [0.2, 0.25) is 0 Å². The molecule has 2 aliphatic heterocycles. The molecule has 0 N–H and O–H groups in total. The van der Waals surface area contributed by atoms with Crippen molar-refractivity contribution in [2.45, 2.75) is 57.9 Å². The number of Topliss-reactive ketones (excluding diaryl/α,β-unsaturated/α-hetero) is 1. The lowest BCUT2D eigenvalue weighted by molar-refractivity contribution is 0.0305. The molecule has 30 heavy (non-hydrogen) atoms. The number of carbonyl (C=O) groups is 1. The third kappa shape index (κ3) is 3.90. The zero-order chi connectivity index (χ0) is 20.6. The van der Waals surface area contributed by atoms with Crippen molar-refractivity contribution in [3.8, 4) is 11.1 Å². The maximum atomic E-state index is 11.5. The van der Waals surface area contributed by atoms with E-state index in [1.807, 2.05) is 30.5 Å². The summed E-state index contributed by atoms with van der Waals surface area (Å²) in [7, 11) is 0. The van der Waals surface area contributed by atoms with E-state index in [1.54, 1.807) is 6.92 Å². The number of nitrogens with zero attached hydrogens (tertiary/aromatic N) is 3. The van der Waals surface area contributed by atoms with E-state index < -0.39 is 0 Å². The Labute approximate surface area is 180 Å². The minimum absolute atomic E-state index is 0.103. The van der Waals surface area contributed by atoms with Gasteiger partial charge in [-0.2, -0.15) is 0 Å². The van der Waals surface area contributed by atoms with Gasteiger partial charge in [-0.1, -0.05) is 30.7 Å². The molecule has 1 aromatic heterocycles. The summed E-state index contributed by atoms with van der Waals surface area (Å²) in [6.45, 7) is 6.50. The highest BCUT2D eigenvalue weighted by molar-refractivity contribution is 5.94. The highest BCUT2D eigenvalue weighted by Gasteiger charge is 2.39. The van der Waals surface area contributed by atoms with Gasteiger partial charge in [0, 0.05) is 36.5 Å². The number of rotatable bonds is 4. The van der Waals surface area contributed by atoms with Gasteiger partial charge in [-0.25, -0.2) is 4.98 Å². The van der Waals surface area contributed by atoms with E-state index in [2.05, 4.69) is 21.9 Å². The number of aromatic nitrogens is 1. The van der Waals surface area contributed by atoms with E-state index in [-0.39, 0.29) is 5.78 Å². The monoisotopic (exact) mass is 403 g/mol. The van der Waals surface area contributed by atoms with E-state index in [4.69, 9.17) is 4.98 Å². The van der Waals surface area contributed by atoms with Gasteiger partial charge in [0.05, 0.1) is 0 Å². The van der Waals surface area contributed by atoms with Gasteiger partial charge in [0.2, 0.25) is 0 Å². The zero-order valence-corrected chi connectivity index (χ0v) is 18.1. The molecule has 1 aromatic carbocycles. The van der Waals surface area contributed by atoms with Crippen LogP contribution in [-0.4, -0.2) is 47.9 Å². The molecule has 3 aliphatic rings. The fourth-order valence-corrected chi connectivity index (χ4v) is 5.47. The van der Waals surface area contributed by atoms with Gasteiger partial charge in [-0.15, -0.1) is 0 Å². The summed E-state index contributed by atoms with van der Waals surface area (Å²) in [4.78, 5) is 21.5. The number of pyridine rings is 1. The second-order valence-corrected chi connectivity index (χ2v) is 9.65. The molecule has 0 atom stereocenters. The molecule has 0 bridgehead atoms. The first-order valence-electron chi connectivity index (χ1n) is 11.7. The summed E-state index contributed by atoms with van der Waals surface area (Å²) in [5.74, 6) is 1.20. The van der Waals surface area contributed by atoms with Crippen molar-refractivity contribution in [1.29, 1.82) is 0 Å². The number of likely N-dealkylation sites (tertiary alicyclic amines) is 1. The number of hydrogen-bond acceptors (Lipinski definition) is 4. The molecule has 158 valence electrons.